The van der Waals surface area contributed by atoms with Crippen molar-refractivity contribution in [3.8, 4) is 0 Å². The van der Waals surface area contributed by atoms with Gasteiger partial charge in [-0.1, -0.05) is 36.7 Å². The van der Waals surface area contributed by atoms with Crippen LogP contribution in [0, 0.1) is 0 Å². The lowest BCUT2D eigenvalue weighted by atomic mass is 10.1. The van der Waals surface area contributed by atoms with Gasteiger partial charge in [-0.15, -0.1) is 0 Å². The molecule has 128 valence electrons. The second-order valence-corrected chi connectivity index (χ2v) is 6.37. The molecule has 0 saturated heterocycles. The number of hydrogen-bond acceptors (Lipinski definition) is 2. The topological polar surface area (TPSA) is 53.2 Å². The van der Waals surface area contributed by atoms with Gasteiger partial charge in [0.2, 0.25) is 5.56 Å². The molecule has 0 spiro atoms. The molecule has 5 heteroatoms. The molecule has 0 aliphatic heterocycles. The number of nitrogens with zero attached hydrogens (tertiary/aromatic N) is 1. The van der Waals surface area contributed by atoms with Crippen LogP contribution >= 0.6 is 11.6 Å². The van der Waals surface area contributed by atoms with E-state index in [1.54, 1.807) is 35.2 Å². The molecule has 0 fully saturated rings. The Balaban J connectivity index is 1.96. The number of nitrogens with one attached hydrogen (secondary N) is 1. The van der Waals surface area contributed by atoms with E-state index in [2.05, 4.69) is 4.98 Å². The SMILES string of the molecule is CCCN(Cc1cc(=O)[nH]c2ccccc12)C(=O)c1ccc(Cl)cc1. The Kier molecular flexibility index (Phi) is 5.19. The Bertz CT molecular complexity index is 948. The Morgan fingerprint density at radius 1 is 1.12 bits per heavy atom. The average Bonchev–Trinajstić information content (AvgIpc) is 2.61. The number of amides is 1. The fourth-order valence-corrected chi connectivity index (χ4v) is 3.04. The van der Waals surface area contributed by atoms with Crippen LogP contribution in [0.5, 0.6) is 0 Å². The van der Waals surface area contributed by atoms with Crippen LogP contribution in [0.3, 0.4) is 0 Å². The van der Waals surface area contributed by atoms with Crippen LogP contribution in [0.25, 0.3) is 10.9 Å². The van der Waals surface area contributed by atoms with Gasteiger partial charge in [-0.05, 0) is 42.3 Å². The van der Waals surface area contributed by atoms with E-state index in [1.165, 1.54) is 0 Å². The predicted octanol–water partition coefficient (Wildman–Crippen LogP) is 4.23. The van der Waals surface area contributed by atoms with Gasteiger partial charge >= 0.3 is 0 Å². The first-order valence-corrected chi connectivity index (χ1v) is 8.62. The minimum atomic E-state index is -0.163. The van der Waals surface area contributed by atoms with Crippen LogP contribution in [0.2, 0.25) is 5.02 Å². The number of halogens is 1. The van der Waals surface area contributed by atoms with E-state index in [-0.39, 0.29) is 11.5 Å². The van der Waals surface area contributed by atoms with Crippen molar-refractivity contribution in [3.05, 3.63) is 81.1 Å². The van der Waals surface area contributed by atoms with Crippen molar-refractivity contribution in [1.82, 2.24) is 9.88 Å². The van der Waals surface area contributed by atoms with Crippen molar-refractivity contribution >= 4 is 28.4 Å². The van der Waals surface area contributed by atoms with E-state index >= 15 is 0 Å². The highest BCUT2D eigenvalue weighted by molar-refractivity contribution is 6.30. The molecule has 0 saturated carbocycles. The van der Waals surface area contributed by atoms with Gasteiger partial charge in [0, 0.05) is 40.6 Å². The second-order valence-electron chi connectivity index (χ2n) is 5.94. The molecule has 2 aromatic carbocycles. The lowest BCUT2D eigenvalue weighted by molar-refractivity contribution is 0.0744. The molecule has 4 nitrogen and oxygen atoms in total. The minimum absolute atomic E-state index is 0.0668. The number of aromatic nitrogens is 1. The first-order chi connectivity index (χ1) is 12.1. The van der Waals surface area contributed by atoms with Crippen molar-refractivity contribution in [2.24, 2.45) is 0 Å². The maximum atomic E-state index is 12.9. The van der Waals surface area contributed by atoms with Gasteiger partial charge in [0.15, 0.2) is 0 Å². The third kappa shape index (κ3) is 3.91. The van der Waals surface area contributed by atoms with Gasteiger partial charge in [0.1, 0.15) is 0 Å². The van der Waals surface area contributed by atoms with Crippen LogP contribution in [-0.4, -0.2) is 22.3 Å². The third-order valence-electron chi connectivity index (χ3n) is 4.07. The number of pyridine rings is 1. The standard InChI is InChI=1S/C20H19ClN2O2/c1-2-11-23(20(25)14-7-9-16(21)10-8-14)13-15-12-19(24)22-18-6-4-3-5-17(15)18/h3-10,12H,2,11,13H2,1H3,(H,22,24). The quantitative estimate of drug-likeness (QED) is 0.745. The number of carbonyl (C=O) groups excluding carboxylic acids is 1. The van der Waals surface area contributed by atoms with Crippen LogP contribution in [0.4, 0.5) is 0 Å². The molecule has 0 aliphatic carbocycles. The highest BCUT2D eigenvalue weighted by Crippen LogP contribution is 2.19. The molecule has 0 bridgehead atoms. The van der Waals surface area contributed by atoms with Crippen molar-refractivity contribution in [1.29, 1.82) is 0 Å². The van der Waals surface area contributed by atoms with E-state index in [0.717, 1.165) is 22.9 Å². The lowest BCUT2D eigenvalue weighted by Crippen LogP contribution is -2.31. The van der Waals surface area contributed by atoms with E-state index in [4.69, 9.17) is 11.6 Å². The molecule has 25 heavy (non-hydrogen) atoms. The summed E-state index contributed by atoms with van der Waals surface area (Å²) >= 11 is 5.91. The molecule has 3 rings (SSSR count). The Hall–Kier alpha value is -2.59. The van der Waals surface area contributed by atoms with Crippen LogP contribution in [-0.2, 0) is 6.54 Å². The summed E-state index contributed by atoms with van der Waals surface area (Å²) in [6.07, 6.45) is 0.834. The molecule has 0 radical (unpaired) electrons. The van der Waals surface area contributed by atoms with Crippen molar-refractivity contribution in [3.63, 3.8) is 0 Å². The van der Waals surface area contributed by atoms with Crippen molar-refractivity contribution in [2.45, 2.75) is 19.9 Å². The normalized spacial score (nSPS) is 10.8. The average molecular weight is 355 g/mol. The monoisotopic (exact) mass is 354 g/mol. The number of carbonyl (C=O) groups is 1. The zero-order valence-electron chi connectivity index (χ0n) is 14.0. The molecule has 0 atom stereocenters. The molecule has 3 aromatic rings. The first-order valence-electron chi connectivity index (χ1n) is 8.24. The fourth-order valence-electron chi connectivity index (χ4n) is 2.91. The number of hydrogen-bond donors (Lipinski definition) is 1. The maximum absolute atomic E-state index is 12.9. The highest BCUT2D eigenvalue weighted by Gasteiger charge is 2.17. The van der Waals surface area contributed by atoms with Crippen LogP contribution in [0.15, 0.2) is 59.4 Å². The molecule has 1 N–H and O–H groups in total. The number of aromatic amines is 1. The summed E-state index contributed by atoms with van der Waals surface area (Å²) in [5, 5.41) is 1.55. The number of fused-ring (bicyclic) bond motifs is 1. The zero-order valence-corrected chi connectivity index (χ0v) is 14.7. The molecule has 0 aliphatic rings. The largest absolute Gasteiger partial charge is 0.334 e. The van der Waals surface area contributed by atoms with Crippen molar-refractivity contribution < 1.29 is 4.79 Å². The van der Waals surface area contributed by atoms with Gasteiger partial charge in [-0.25, -0.2) is 0 Å². The number of rotatable bonds is 5. The summed E-state index contributed by atoms with van der Waals surface area (Å²) in [6.45, 7) is 3.03. The summed E-state index contributed by atoms with van der Waals surface area (Å²) in [6, 6.07) is 16.1. The summed E-state index contributed by atoms with van der Waals surface area (Å²) in [5.74, 6) is -0.0668. The minimum Gasteiger partial charge on any atom is -0.334 e. The van der Waals surface area contributed by atoms with Gasteiger partial charge in [0.25, 0.3) is 5.91 Å². The molecule has 0 unspecified atom stereocenters. The highest BCUT2D eigenvalue weighted by atomic mass is 35.5. The Morgan fingerprint density at radius 2 is 1.84 bits per heavy atom. The zero-order chi connectivity index (χ0) is 17.8. The smallest absolute Gasteiger partial charge is 0.254 e. The fraction of sp³-hybridized carbons (Fsp3) is 0.200. The first kappa shape index (κ1) is 17.2. The second kappa shape index (κ2) is 7.53. The van der Waals surface area contributed by atoms with E-state index in [9.17, 15) is 9.59 Å². The van der Waals surface area contributed by atoms with Gasteiger partial charge in [-0.2, -0.15) is 0 Å². The molecular weight excluding hydrogens is 336 g/mol. The van der Waals surface area contributed by atoms with Crippen LogP contribution < -0.4 is 5.56 Å². The third-order valence-corrected chi connectivity index (χ3v) is 4.32. The number of H-pyrrole nitrogens is 1. The van der Waals surface area contributed by atoms with E-state index in [1.807, 2.05) is 31.2 Å². The van der Waals surface area contributed by atoms with Crippen molar-refractivity contribution in [2.75, 3.05) is 6.54 Å². The summed E-state index contributed by atoms with van der Waals surface area (Å²) in [4.78, 5) is 29.4. The summed E-state index contributed by atoms with van der Waals surface area (Å²) < 4.78 is 0. The predicted molar refractivity (Wildman–Crippen MR) is 101 cm³/mol. The number of para-hydroxylation sites is 1. The summed E-state index contributed by atoms with van der Waals surface area (Å²) in [5.41, 5.74) is 2.05. The molecular formula is C20H19ClN2O2. The molecule has 1 aromatic heterocycles. The Morgan fingerprint density at radius 3 is 2.56 bits per heavy atom. The van der Waals surface area contributed by atoms with Gasteiger partial charge < -0.3 is 9.88 Å². The Labute approximate surface area is 151 Å². The lowest BCUT2D eigenvalue weighted by Gasteiger charge is -2.23. The molecule has 1 heterocycles. The maximum Gasteiger partial charge on any atom is 0.254 e. The van der Waals surface area contributed by atoms with E-state index in [0.29, 0.717) is 23.7 Å². The van der Waals surface area contributed by atoms with Gasteiger partial charge in [0.05, 0.1) is 0 Å². The number of benzene rings is 2. The van der Waals surface area contributed by atoms with Gasteiger partial charge in [-0.3, -0.25) is 9.59 Å². The summed E-state index contributed by atoms with van der Waals surface area (Å²) in [7, 11) is 0. The van der Waals surface area contributed by atoms with E-state index < -0.39 is 0 Å². The van der Waals surface area contributed by atoms with Crippen LogP contribution in [0.1, 0.15) is 29.3 Å². The molecule has 1 amide bonds.